The zero-order valence-electron chi connectivity index (χ0n) is 14.4. The van der Waals surface area contributed by atoms with Gasteiger partial charge in [-0.25, -0.2) is 9.97 Å². The van der Waals surface area contributed by atoms with Crippen molar-refractivity contribution >= 4 is 17.5 Å². The maximum Gasteiger partial charge on any atom is 0.251 e. The summed E-state index contributed by atoms with van der Waals surface area (Å²) in [5.74, 6) is 0.501. The summed E-state index contributed by atoms with van der Waals surface area (Å²) in [6.45, 7) is 10.8. The van der Waals surface area contributed by atoms with E-state index in [9.17, 15) is 4.79 Å². The Hall–Kier alpha value is -2.43. The van der Waals surface area contributed by atoms with Crippen molar-refractivity contribution in [1.29, 1.82) is 0 Å². The Labute approximate surface area is 137 Å². The van der Waals surface area contributed by atoms with Gasteiger partial charge in [0, 0.05) is 29.2 Å². The molecule has 0 saturated heterocycles. The Morgan fingerprint density at radius 2 is 1.61 bits per heavy atom. The van der Waals surface area contributed by atoms with E-state index in [0.29, 0.717) is 18.1 Å². The van der Waals surface area contributed by atoms with Crippen LogP contribution in [0.25, 0.3) is 0 Å². The van der Waals surface area contributed by atoms with Crippen LogP contribution in [0.1, 0.15) is 42.5 Å². The first-order chi connectivity index (χ1) is 10.7. The number of anilines is 2. The zero-order chi connectivity index (χ0) is 17.0. The molecule has 1 aromatic carbocycles. The van der Waals surface area contributed by atoms with E-state index in [1.807, 2.05) is 32.0 Å². The summed E-state index contributed by atoms with van der Waals surface area (Å²) in [5, 5.41) is 6.09. The third kappa shape index (κ3) is 5.36. The van der Waals surface area contributed by atoms with Crippen molar-refractivity contribution in [3.63, 3.8) is 0 Å². The molecule has 5 nitrogen and oxygen atoms in total. The Balaban J connectivity index is 2.03. The highest BCUT2D eigenvalue weighted by atomic mass is 16.1. The second-order valence-electron chi connectivity index (χ2n) is 6.92. The molecule has 23 heavy (non-hydrogen) atoms. The van der Waals surface area contributed by atoms with Crippen LogP contribution in [0.15, 0.2) is 30.3 Å². The predicted octanol–water partition coefficient (Wildman–Crippen LogP) is 3.61. The fourth-order valence-corrected chi connectivity index (χ4v) is 2.06. The fraction of sp³-hybridized carbons (Fsp3) is 0.389. The summed E-state index contributed by atoms with van der Waals surface area (Å²) in [5.41, 5.74) is 3.39. The van der Waals surface area contributed by atoms with Crippen LogP contribution in [0.4, 0.5) is 11.6 Å². The van der Waals surface area contributed by atoms with Gasteiger partial charge in [0.25, 0.3) is 5.91 Å². The summed E-state index contributed by atoms with van der Waals surface area (Å²) in [6, 6.07) is 9.22. The Morgan fingerprint density at radius 1 is 1.04 bits per heavy atom. The molecule has 0 saturated carbocycles. The average molecular weight is 312 g/mol. The molecule has 0 radical (unpaired) electrons. The molecule has 2 aromatic rings. The van der Waals surface area contributed by atoms with Gasteiger partial charge >= 0.3 is 0 Å². The molecular formula is C18H24N4O. The summed E-state index contributed by atoms with van der Waals surface area (Å²) in [4.78, 5) is 20.8. The molecular weight excluding hydrogens is 288 g/mol. The lowest BCUT2D eigenvalue weighted by atomic mass is 9.97. The van der Waals surface area contributed by atoms with Crippen molar-refractivity contribution in [2.45, 2.75) is 34.6 Å². The number of amides is 1. The standard InChI is InChI=1S/C18H24N4O/c1-12-10-13(2)21-17(20-12)22-15-8-6-14(7-9-15)16(23)19-11-18(3,4)5/h6-10H,11H2,1-5H3,(H,19,23)(H,20,21,22). The number of carbonyl (C=O) groups is 1. The van der Waals surface area contributed by atoms with Gasteiger partial charge in [0.05, 0.1) is 0 Å². The molecule has 122 valence electrons. The SMILES string of the molecule is Cc1cc(C)nc(Nc2ccc(C(=O)NCC(C)(C)C)cc2)n1. The van der Waals surface area contributed by atoms with E-state index in [1.165, 1.54) is 0 Å². The highest BCUT2D eigenvalue weighted by Crippen LogP contribution is 2.15. The molecule has 0 bridgehead atoms. The Morgan fingerprint density at radius 3 is 2.13 bits per heavy atom. The van der Waals surface area contributed by atoms with Crippen LogP contribution in [0, 0.1) is 19.3 Å². The molecule has 0 unspecified atom stereocenters. The lowest BCUT2D eigenvalue weighted by Gasteiger charge is -2.18. The molecule has 2 rings (SSSR count). The average Bonchev–Trinajstić information content (AvgIpc) is 2.43. The summed E-state index contributed by atoms with van der Waals surface area (Å²) >= 11 is 0. The van der Waals surface area contributed by atoms with Gasteiger partial charge in [0.15, 0.2) is 0 Å². The van der Waals surface area contributed by atoms with Crippen LogP contribution in [0.2, 0.25) is 0 Å². The maximum atomic E-state index is 12.1. The van der Waals surface area contributed by atoms with E-state index in [0.717, 1.165) is 17.1 Å². The third-order valence-electron chi connectivity index (χ3n) is 3.16. The minimum absolute atomic E-state index is 0.0610. The number of hydrogen-bond donors (Lipinski definition) is 2. The molecule has 1 heterocycles. The number of carbonyl (C=O) groups excluding carboxylic acids is 1. The van der Waals surface area contributed by atoms with Gasteiger partial charge in [-0.15, -0.1) is 0 Å². The number of aromatic nitrogens is 2. The molecule has 2 N–H and O–H groups in total. The molecule has 5 heteroatoms. The Bertz CT molecular complexity index is 667. The number of aryl methyl sites for hydroxylation is 2. The van der Waals surface area contributed by atoms with Gasteiger partial charge in [0.1, 0.15) is 0 Å². The summed E-state index contributed by atoms with van der Waals surface area (Å²) < 4.78 is 0. The highest BCUT2D eigenvalue weighted by molar-refractivity contribution is 5.94. The van der Waals surface area contributed by atoms with Crippen molar-refractivity contribution in [1.82, 2.24) is 15.3 Å². The Kier molecular flexibility index (Phi) is 4.98. The minimum Gasteiger partial charge on any atom is -0.352 e. The van der Waals surface area contributed by atoms with E-state index >= 15 is 0 Å². The number of rotatable bonds is 4. The lowest BCUT2D eigenvalue weighted by molar-refractivity contribution is 0.0939. The van der Waals surface area contributed by atoms with Gasteiger partial charge in [0.2, 0.25) is 5.95 Å². The van der Waals surface area contributed by atoms with Gasteiger partial charge in [-0.3, -0.25) is 4.79 Å². The van der Waals surface area contributed by atoms with Crippen LogP contribution in [0.5, 0.6) is 0 Å². The molecule has 1 aromatic heterocycles. The van der Waals surface area contributed by atoms with E-state index in [4.69, 9.17) is 0 Å². The first-order valence-electron chi connectivity index (χ1n) is 7.70. The van der Waals surface area contributed by atoms with Crippen molar-refractivity contribution in [2.75, 3.05) is 11.9 Å². The second kappa shape index (κ2) is 6.77. The molecule has 0 aliphatic heterocycles. The van der Waals surface area contributed by atoms with Crippen LogP contribution in [-0.2, 0) is 0 Å². The normalized spacial score (nSPS) is 11.2. The number of benzene rings is 1. The van der Waals surface area contributed by atoms with Crippen LogP contribution < -0.4 is 10.6 Å². The van der Waals surface area contributed by atoms with Crippen LogP contribution >= 0.6 is 0 Å². The van der Waals surface area contributed by atoms with E-state index in [1.54, 1.807) is 12.1 Å². The van der Waals surface area contributed by atoms with Crippen molar-refractivity contribution in [3.05, 3.63) is 47.3 Å². The van der Waals surface area contributed by atoms with E-state index < -0.39 is 0 Å². The number of hydrogen-bond acceptors (Lipinski definition) is 4. The second-order valence-corrected chi connectivity index (χ2v) is 6.92. The topological polar surface area (TPSA) is 66.9 Å². The van der Waals surface area contributed by atoms with Crippen molar-refractivity contribution in [2.24, 2.45) is 5.41 Å². The lowest BCUT2D eigenvalue weighted by Crippen LogP contribution is -2.32. The number of nitrogens with zero attached hydrogens (tertiary/aromatic N) is 2. The first kappa shape index (κ1) is 16.9. The highest BCUT2D eigenvalue weighted by Gasteiger charge is 2.13. The molecule has 0 spiro atoms. The summed E-state index contributed by atoms with van der Waals surface area (Å²) in [7, 11) is 0. The van der Waals surface area contributed by atoms with Crippen molar-refractivity contribution in [3.8, 4) is 0 Å². The van der Waals surface area contributed by atoms with Crippen LogP contribution in [0.3, 0.4) is 0 Å². The number of nitrogens with one attached hydrogen (secondary N) is 2. The van der Waals surface area contributed by atoms with Crippen molar-refractivity contribution < 1.29 is 4.79 Å². The molecule has 0 aliphatic carbocycles. The molecule has 0 atom stereocenters. The minimum atomic E-state index is -0.0610. The molecule has 0 aliphatic rings. The van der Waals surface area contributed by atoms with Gasteiger partial charge in [-0.05, 0) is 49.6 Å². The van der Waals surface area contributed by atoms with Crippen LogP contribution in [-0.4, -0.2) is 22.4 Å². The maximum absolute atomic E-state index is 12.1. The van der Waals surface area contributed by atoms with E-state index in [2.05, 4.69) is 41.4 Å². The molecule has 1 amide bonds. The molecule has 0 fully saturated rings. The zero-order valence-corrected chi connectivity index (χ0v) is 14.4. The largest absolute Gasteiger partial charge is 0.352 e. The van der Waals surface area contributed by atoms with Gasteiger partial charge < -0.3 is 10.6 Å². The monoisotopic (exact) mass is 312 g/mol. The third-order valence-corrected chi connectivity index (χ3v) is 3.16. The predicted molar refractivity (Wildman–Crippen MR) is 93.0 cm³/mol. The van der Waals surface area contributed by atoms with Gasteiger partial charge in [-0.1, -0.05) is 20.8 Å². The first-order valence-corrected chi connectivity index (χ1v) is 7.70. The van der Waals surface area contributed by atoms with E-state index in [-0.39, 0.29) is 11.3 Å². The fourth-order valence-electron chi connectivity index (χ4n) is 2.06. The summed E-state index contributed by atoms with van der Waals surface area (Å²) in [6.07, 6.45) is 0. The smallest absolute Gasteiger partial charge is 0.251 e. The quantitative estimate of drug-likeness (QED) is 0.905. The van der Waals surface area contributed by atoms with Gasteiger partial charge in [-0.2, -0.15) is 0 Å².